The number of aromatic hydroxyl groups is 1. The summed E-state index contributed by atoms with van der Waals surface area (Å²) in [7, 11) is 0. The number of hydrogen-bond donors (Lipinski definition) is 3. The van der Waals surface area contributed by atoms with Crippen LogP contribution in [0.5, 0.6) is 5.75 Å². The molecule has 0 bridgehead atoms. The second kappa shape index (κ2) is 9.54. The smallest absolute Gasteiger partial charge is 0.275 e. The van der Waals surface area contributed by atoms with Gasteiger partial charge in [0.2, 0.25) is 5.91 Å². The van der Waals surface area contributed by atoms with Crippen LogP contribution in [0.25, 0.3) is 32.6 Å². The van der Waals surface area contributed by atoms with Crippen LogP contribution in [-0.2, 0) is 11.3 Å². The second-order valence-electron chi connectivity index (χ2n) is 8.72. The first kappa shape index (κ1) is 23.1. The molecular formula is C29H26N4O3. The van der Waals surface area contributed by atoms with Gasteiger partial charge in [0.15, 0.2) is 0 Å². The van der Waals surface area contributed by atoms with E-state index in [2.05, 4.69) is 39.5 Å². The molecule has 3 N–H and O–H groups in total. The highest BCUT2D eigenvalue weighted by molar-refractivity contribution is 6.11. The van der Waals surface area contributed by atoms with Crippen LogP contribution < -0.4 is 10.7 Å². The molecule has 7 heteroatoms. The summed E-state index contributed by atoms with van der Waals surface area (Å²) in [5.74, 6) is -0.912. The van der Waals surface area contributed by atoms with Crippen LogP contribution in [-0.4, -0.2) is 27.2 Å². The fraction of sp³-hybridized carbons (Fsp3) is 0.138. The topological polar surface area (TPSA) is 95.7 Å². The maximum atomic E-state index is 12.6. The van der Waals surface area contributed by atoms with Crippen molar-refractivity contribution in [1.82, 2.24) is 9.99 Å². The number of nitrogens with zero attached hydrogens (tertiary/aromatic N) is 2. The summed E-state index contributed by atoms with van der Waals surface area (Å²) in [5, 5.41) is 21.1. The number of fused-ring (bicyclic) bond motifs is 4. The van der Waals surface area contributed by atoms with Crippen LogP contribution in [0.4, 0.5) is 5.69 Å². The molecule has 1 heterocycles. The molecule has 0 aliphatic heterocycles. The Balaban J connectivity index is 1.27. The molecule has 4 aromatic carbocycles. The molecule has 36 heavy (non-hydrogen) atoms. The van der Waals surface area contributed by atoms with Gasteiger partial charge in [-0.2, -0.15) is 5.10 Å². The van der Waals surface area contributed by atoms with Gasteiger partial charge in [0.25, 0.3) is 5.91 Å². The molecule has 0 aliphatic rings. The maximum absolute atomic E-state index is 12.6. The number of carbonyl (C=O) groups is 2. The van der Waals surface area contributed by atoms with Crippen LogP contribution in [0.3, 0.4) is 0 Å². The van der Waals surface area contributed by atoms with Crippen LogP contribution in [0.1, 0.15) is 30.6 Å². The number of phenols is 1. The molecule has 180 valence electrons. The average molecular weight is 479 g/mol. The van der Waals surface area contributed by atoms with Crippen molar-refractivity contribution in [3.8, 4) is 5.75 Å². The highest BCUT2D eigenvalue weighted by Crippen LogP contribution is 2.31. The number of nitrogens with one attached hydrogen (secondary N) is 2. The summed E-state index contributed by atoms with van der Waals surface area (Å²) >= 11 is 0. The lowest BCUT2D eigenvalue weighted by atomic mass is 10.1. The van der Waals surface area contributed by atoms with Gasteiger partial charge in [-0.05, 0) is 61.0 Å². The number of phenolic OH excluding ortho intramolecular Hbond substituents is 1. The summed E-state index contributed by atoms with van der Waals surface area (Å²) in [5.41, 5.74) is 5.97. The lowest BCUT2D eigenvalue weighted by molar-refractivity contribution is -0.115. The minimum atomic E-state index is -0.546. The minimum Gasteiger partial charge on any atom is -0.507 e. The predicted octanol–water partition coefficient (Wildman–Crippen LogP) is 5.81. The van der Waals surface area contributed by atoms with E-state index in [4.69, 9.17) is 0 Å². The summed E-state index contributed by atoms with van der Waals surface area (Å²) in [4.78, 5) is 25.2. The highest BCUT2D eigenvalue weighted by Gasteiger charge is 2.14. The Kier molecular flexibility index (Phi) is 6.12. The van der Waals surface area contributed by atoms with E-state index in [-0.39, 0.29) is 23.6 Å². The fourth-order valence-corrected chi connectivity index (χ4v) is 4.57. The monoisotopic (exact) mass is 478 g/mol. The standard InChI is InChI=1S/C29H26N4O3/c1-3-33-25-11-7-6-10-22(25)23-17-21(12-13-26(23)33)30-28(35)14-18(2)31-32-29(36)24-15-19-8-4-5-9-20(19)16-27(24)34/h4-13,15-17,34H,3,14H2,1-2H3,(H,30,35)(H,32,36)/b31-18+. The molecule has 2 amide bonds. The van der Waals surface area contributed by atoms with Crippen molar-refractivity contribution in [3.63, 3.8) is 0 Å². The molecule has 0 saturated carbocycles. The lowest BCUT2D eigenvalue weighted by Gasteiger charge is -2.08. The largest absolute Gasteiger partial charge is 0.507 e. The van der Waals surface area contributed by atoms with Crippen molar-refractivity contribution in [2.75, 3.05) is 5.32 Å². The van der Waals surface area contributed by atoms with Crippen molar-refractivity contribution in [2.45, 2.75) is 26.8 Å². The van der Waals surface area contributed by atoms with E-state index < -0.39 is 5.91 Å². The van der Waals surface area contributed by atoms with E-state index >= 15 is 0 Å². The van der Waals surface area contributed by atoms with E-state index in [0.29, 0.717) is 11.4 Å². The van der Waals surface area contributed by atoms with Gasteiger partial charge in [0, 0.05) is 39.7 Å². The number of hydrazone groups is 1. The van der Waals surface area contributed by atoms with Gasteiger partial charge in [0.1, 0.15) is 5.75 Å². The van der Waals surface area contributed by atoms with Crippen molar-refractivity contribution in [1.29, 1.82) is 0 Å². The van der Waals surface area contributed by atoms with E-state index in [1.165, 1.54) is 0 Å². The predicted molar refractivity (Wildman–Crippen MR) is 145 cm³/mol. The van der Waals surface area contributed by atoms with E-state index in [0.717, 1.165) is 39.1 Å². The number of amides is 2. The fourth-order valence-electron chi connectivity index (χ4n) is 4.57. The van der Waals surface area contributed by atoms with Gasteiger partial charge in [-0.1, -0.05) is 42.5 Å². The molecule has 5 rings (SSSR count). The minimum absolute atomic E-state index is 0.0126. The normalized spacial score (nSPS) is 11.8. The Morgan fingerprint density at radius 1 is 0.889 bits per heavy atom. The van der Waals surface area contributed by atoms with Crippen LogP contribution >= 0.6 is 0 Å². The second-order valence-corrected chi connectivity index (χ2v) is 8.72. The molecule has 0 saturated heterocycles. The Bertz CT molecular complexity index is 1670. The molecule has 0 atom stereocenters. The third-order valence-electron chi connectivity index (χ3n) is 6.25. The zero-order valence-electron chi connectivity index (χ0n) is 20.1. The van der Waals surface area contributed by atoms with Crippen LogP contribution in [0, 0.1) is 0 Å². The quantitative estimate of drug-likeness (QED) is 0.212. The number of aryl methyl sites for hydroxylation is 1. The highest BCUT2D eigenvalue weighted by atomic mass is 16.3. The first-order valence-corrected chi connectivity index (χ1v) is 11.8. The summed E-state index contributed by atoms with van der Waals surface area (Å²) < 4.78 is 2.25. The molecule has 5 aromatic rings. The third kappa shape index (κ3) is 4.38. The Morgan fingerprint density at radius 2 is 1.58 bits per heavy atom. The van der Waals surface area contributed by atoms with Crippen molar-refractivity contribution in [2.24, 2.45) is 5.10 Å². The zero-order chi connectivity index (χ0) is 25.2. The SMILES string of the molecule is CCn1c2ccccc2c2cc(NC(=O)C/C(C)=N/NC(=O)c3cc4ccccc4cc3O)ccc21. The lowest BCUT2D eigenvalue weighted by Crippen LogP contribution is -2.21. The molecule has 0 aliphatic carbocycles. The number of rotatable bonds is 6. The molecule has 7 nitrogen and oxygen atoms in total. The summed E-state index contributed by atoms with van der Waals surface area (Å²) in [6.45, 7) is 4.63. The molecule has 0 radical (unpaired) electrons. The first-order chi connectivity index (χ1) is 17.4. The van der Waals surface area contributed by atoms with Gasteiger partial charge >= 0.3 is 0 Å². The Hall–Kier alpha value is -4.65. The third-order valence-corrected chi connectivity index (χ3v) is 6.25. The van der Waals surface area contributed by atoms with E-state index in [9.17, 15) is 14.7 Å². The molecule has 1 aromatic heterocycles. The van der Waals surface area contributed by atoms with Crippen molar-refractivity contribution in [3.05, 3.63) is 84.4 Å². The molecule has 0 spiro atoms. The van der Waals surface area contributed by atoms with E-state index in [1.54, 1.807) is 19.1 Å². The molecule has 0 fully saturated rings. The van der Waals surface area contributed by atoms with E-state index in [1.807, 2.05) is 54.6 Å². The summed E-state index contributed by atoms with van der Waals surface area (Å²) in [6.07, 6.45) is 0.0126. The number of carbonyl (C=O) groups excluding carboxylic acids is 2. The number of aromatic nitrogens is 1. The van der Waals surface area contributed by atoms with Gasteiger partial charge in [-0.25, -0.2) is 5.43 Å². The van der Waals surface area contributed by atoms with Crippen LogP contribution in [0.2, 0.25) is 0 Å². The number of benzene rings is 4. The first-order valence-electron chi connectivity index (χ1n) is 11.8. The van der Waals surface area contributed by atoms with Gasteiger partial charge < -0.3 is 15.0 Å². The van der Waals surface area contributed by atoms with Crippen molar-refractivity contribution < 1.29 is 14.7 Å². The molecular weight excluding hydrogens is 452 g/mol. The van der Waals surface area contributed by atoms with Gasteiger partial charge in [-0.15, -0.1) is 0 Å². The van der Waals surface area contributed by atoms with Gasteiger partial charge in [-0.3, -0.25) is 9.59 Å². The molecule has 0 unspecified atom stereocenters. The number of hydrogen-bond acceptors (Lipinski definition) is 4. The number of anilines is 1. The van der Waals surface area contributed by atoms with Crippen LogP contribution in [0.15, 0.2) is 84.0 Å². The Labute approximate surface area is 208 Å². The summed E-state index contributed by atoms with van der Waals surface area (Å²) in [6, 6.07) is 24.7. The maximum Gasteiger partial charge on any atom is 0.275 e. The average Bonchev–Trinajstić information content (AvgIpc) is 3.19. The zero-order valence-corrected chi connectivity index (χ0v) is 20.1. The Morgan fingerprint density at radius 3 is 2.36 bits per heavy atom. The van der Waals surface area contributed by atoms with Gasteiger partial charge in [0.05, 0.1) is 12.0 Å². The number of para-hydroxylation sites is 1. The van der Waals surface area contributed by atoms with Crippen molar-refractivity contribution >= 4 is 55.8 Å².